The van der Waals surface area contributed by atoms with Crippen LogP contribution in [0.3, 0.4) is 0 Å². The average molecular weight is 346 g/mol. The van der Waals surface area contributed by atoms with Crippen molar-refractivity contribution in [1.82, 2.24) is 9.97 Å². The highest BCUT2D eigenvalue weighted by molar-refractivity contribution is 5.74. The summed E-state index contributed by atoms with van der Waals surface area (Å²) >= 11 is 0. The van der Waals surface area contributed by atoms with E-state index in [9.17, 15) is 14.5 Å². The van der Waals surface area contributed by atoms with Gasteiger partial charge in [0.15, 0.2) is 0 Å². The number of hydrogen-bond donors (Lipinski definition) is 2. The van der Waals surface area contributed by atoms with Crippen molar-refractivity contribution in [3.8, 4) is 0 Å². The van der Waals surface area contributed by atoms with E-state index in [2.05, 4.69) is 22.2 Å². The lowest BCUT2D eigenvalue weighted by Gasteiger charge is -2.31. The molecule has 25 heavy (non-hydrogen) atoms. The molecular formula is C16H19FN6O2. The summed E-state index contributed by atoms with van der Waals surface area (Å²) < 4.78 is 13.1. The summed E-state index contributed by atoms with van der Waals surface area (Å²) in [5.74, 6) is 0.252. The van der Waals surface area contributed by atoms with Gasteiger partial charge in [0.25, 0.3) is 0 Å². The second-order valence-corrected chi connectivity index (χ2v) is 6.19. The summed E-state index contributed by atoms with van der Waals surface area (Å²) in [5, 5.41) is 14.2. The van der Waals surface area contributed by atoms with Crippen LogP contribution in [0.4, 0.5) is 33.3 Å². The van der Waals surface area contributed by atoms with Crippen molar-refractivity contribution in [3.05, 3.63) is 40.2 Å². The van der Waals surface area contributed by atoms with Crippen molar-refractivity contribution < 1.29 is 9.31 Å². The normalized spacial score (nSPS) is 17.4. The van der Waals surface area contributed by atoms with Crippen LogP contribution in [0.5, 0.6) is 0 Å². The van der Waals surface area contributed by atoms with Crippen LogP contribution in [0.1, 0.15) is 19.8 Å². The van der Waals surface area contributed by atoms with Gasteiger partial charge in [0.05, 0.1) is 4.92 Å². The van der Waals surface area contributed by atoms with Crippen LogP contribution < -0.4 is 16.0 Å². The Bertz CT molecular complexity index is 783. The highest BCUT2D eigenvalue weighted by atomic mass is 19.1. The fraction of sp³-hybridized carbons (Fsp3) is 0.375. The Balaban J connectivity index is 1.98. The summed E-state index contributed by atoms with van der Waals surface area (Å²) in [7, 11) is 0. The van der Waals surface area contributed by atoms with E-state index >= 15 is 0 Å². The topological polar surface area (TPSA) is 110 Å². The minimum Gasteiger partial charge on any atom is -0.378 e. The van der Waals surface area contributed by atoms with Crippen molar-refractivity contribution in [2.45, 2.75) is 19.8 Å². The lowest BCUT2D eigenvalue weighted by atomic mass is 10.0. The van der Waals surface area contributed by atoms with Gasteiger partial charge in [0.2, 0.25) is 17.6 Å². The summed E-state index contributed by atoms with van der Waals surface area (Å²) in [5.41, 5.74) is 5.90. The van der Waals surface area contributed by atoms with Gasteiger partial charge in [-0.25, -0.2) is 4.39 Å². The number of hydrogen-bond acceptors (Lipinski definition) is 7. The number of nitrogens with two attached hydrogens (primary N) is 1. The smallest absolute Gasteiger partial charge is 0.353 e. The Labute approximate surface area is 144 Å². The molecule has 3 rings (SSSR count). The first-order valence-electron chi connectivity index (χ1n) is 8.03. The van der Waals surface area contributed by atoms with Crippen molar-refractivity contribution in [2.75, 3.05) is 29.0 Å². The molecule has 0 amide bonds. The molecule has 0 saturated carbocycles. The predicted molar refractivity (Wildman–Crippen MR) is 93.4 cm³/mol. The second-order valence-electron chi connectivity index (χ2n) is 6.19. The summed E-state index contributed by atoms with van der Waals surface area (Å²) in [4.78, 5) is 21.2. The molecule has 2 heterocycles. The second kappa shape index (κ2) is 6.88. The van der Waals surface area contributed by atoms with E-state index in [0.717, 1.165) is 25.9 Å². The molecule has 0 radical (unpaired) electrons. The van der Waals surface area contributed by atoms with Crippen LogP contribution in [-0.2, 0) is 0 Å². The van der Waals surface area contributed by atoms with Crippen LogP contribution in [0.15, 0.2) is 24.3 Å². The third kappa shape index (κ3) is 3.76. The third-order valence-electron chi connectivity index (χ3n) is 4.13. The maximum Gasteiger partial charge on any atom is 0.353 e. The first kappa shape index (κ1) is 16.9. The maximum absolute atomic E-state index is 13.1. The molecule has 1 atom stereocenters. The van der Waals surface area contributed by atoms with E-state index in [0.29, 0.717) is 17.6 Å². The molecule has 1 aromatic carbocycles. The molecule has 1 aliphatic rings. The van der Waals surface area contributed by atoms with E-state index in [1.807, 2.05) is 4.90 Å². The SMILES string of the molecule is CC1CCCN(c2nc(N)c([N+](=O)[O-])c(Nc3ccc(F)cc3)n2)C1. The van der Waals surface area contributed by atoms with Crippen molar-refractivity contribution in [2.24, 2.45) is 5.92 Å². The van der Waals surface area contributed by atoms with Gasteiger partial charge >= 0.3 is 5.69 Å². The fourth-order valence-electron chi connectivity index (χ4n) is 2.91. The third-order valence-corrected chi connectivity index (χ3v) is 4.13. The quantitative estimate of drug-likeness (QED) is 0.646. The van der Waals surface area contributed by atoms with Gasteiger partial charge in [0.1, 0.15) is 5.82 Å². The molecule has 1 fully saturated rings. The van der Waals surface area contributed by atoms with E-state index in [4.69, 9.17) is 5.73 Å². The Morgan fingerprint density at radius 3 is 2.72 bits per heavy atom. The molecule has 1 aromatic heterocycles. The number of piperidine rings is 1. The van der Waals surface area contributed by atoms with E-state index in [1.165, 1.54) is 24.3 Å². The number of anilines is 4. The zero-order valence-corrected chi connectivity index (χ0v) is 13.8. The monoisotopic (exact) mass is 346 g/mol. The highest BCUT2D eigenvalue weighted by Gasteiger charge is 2.26. The standard InChI is InChI=1S/C16H19FN6O2/c1-10-3-2-8-22(9-10)16-20-14(18)13(23(24)25)15(21-16)19-12-6-4-11(17)5-7-12/h4-7,10H,2-3,8-9H2,1H3,(H3,18,19,20,21). The average Bonchev–Trinajstić information content (AvgIpc) is 2.56. The van der Waals surface area contributed by atoms with E-state index in [1.54, 1.807) is 0 Å². The zero-order valence-electron chi connectivity index (χ0n) is 13.8. The van der Waals surface area contributed by atoms with Crippen LogP contribution >= 0.6 is 0 Å². The minimum atomic E-state index is -0.621. The van der Waals surface area contributed by atoms with Gasteiger partial charge < -0.3 is 16.0 Å². The first-order chi connectivity index (χ1) is 11.9. The van der Waals surface area contributed by atoms with Crippen molar-refractivity contribution in [1.29, 1.82) is 0 Å². The van der Waals surface area contributed by atoms with Gasteiger partial charge in [-0.2, -0.15) is 9.97 Å². The fourth-order valence-corrected chi connectivity index (χ4v) is 2.91. The molecule has 0 bridgehead atoms. The summed E-state index contributed by atoms with van der Waals surface area (Å²) in [6, 6.07) is 5.46. The summed E-state index contributed by atoms with van der Waals surface area (Å²) in [6.07, 6.45) is 2.13. The molecule has 1 saturated heterocycles. The highest BCUT2D eigenvalue weighted by Crippen LogP contribution is 2.33. The zero-order chi connectivity index (χ0) is 18.0. The Kier molecular flexibility index (Phi) is 4.64. The minimum absolute atomic E-state index is 0.00247. The number of nitro groups is 1. The van der Waals surface area contributed by atoms with Gasteiger partial charge in [0, 0.05) is 18.8 Å². The molecular weight excluding hydrogens is 327 g/mol. The van der Waals surface area contributed by atoms with Crippen molar-refractivity contribution >= 4 is 29.0 Å². The number of nitrogens with one attached hydrogen (secondary N) is 1. The first-order valence-corrected chi connectivity index (χ1v) is 8.03. The van der Waals surface area contributed by atoms with Gasteiger partial charge in [-0.1, -0.05) is 6.92 Å². The predicted octanol–water partition coefficient (Wildman–Crippen LogP) is 3.09. The Hall–Kier alpha value is -2.97. The van der Waals surface area contributed by atoms with E-state index in [-0.39, 0.29) is 11.6 Å². The van der Waals surface area contributed by atoms with Gasteiger partial charge in [-0.3, -0.25) is 10.1 Å². The number of benzene rings is 1. The number of rotatable bonds is 4. The van der Waals surface area contributed by atoms with Crippen LogP contribution in [0.25, 0.3) is 0 Å². The number of aromatic nitrogens is 2. The molecule has 1 aliphatic heterocycles. The van der Waals surface area contributed by atoms with Gasteiger partial charge in [-0.05, 0) is 43.0 Å². The largest absolute Gasteiger partial charge is 0.378 e. The molecule has 132 valence electrons. The molecule has 0 aliphatic carbocycles. The number of nitrogen functional groups attached to an aromatic ring is 1. The number of halogens is 1. The van der Waals surface area contributed by atoms with Crippen LogP contribution in [0.2, 0.25) is 0 Å². The molecule has 3 N–H and O–H groups in total. The Morgan fingerprint density at radius 1 is 1.36 bits per heavy atom. The van der Waals surface area contributed by atoms with E-state index < -0.39 is 16.4 Å². The van der Waals surface area contributed by atoms with Crippen molar-refractivity contribution in [3.63, 3.8) is 0 Å². The van der Waals surface area contributed by atoms with Crippen LogP contribution in [-0.4, -0.2) is 28.0 Å². The number of nitrogens with zero attached hydrogens (tertiary/aromatic N) is 4. The molecule has 8 nitrogen and oxygen atoms in total. The van der Waals surface area contributed by atoms with Crippen LogP contribution in [0, 0.1) is 21.8 Å². The van der Waals surface area contributed by atoms with Gasteiger partial charge in [-0.15, -0.1) is 0 Å². The molecule has 2 aromatic rings. The lowest BCUT2D eigenvalue weighted by Crippen LogP contribution is -2.35. The lowest BCUT2D eigenvalue weighted by molar-refractivity contribution is -0.383. The molecule has 0 spiro atoms. The summed E-state index contributed by atoms with van der Waals surface area (Å²) in [6.45, 7) is 3.68. The molecule has 9 heteroatoms. The Morgan fingerprint density at radius 2 is 2.08 bits per heavy atom. The maximum atomic E-state index is 13.1. The molecule has 1 unspecified atom stereocenters.